The maximum atomic E-state index is 5.49. The normalized spacial score (nSPS) is 12.1. The fourth-order valence-corrected chi connectivity index (χ4v) is 2.15. The quantitative estimate of drug-likeness (QED) is 0.835. The Morgan fingerprint density at radius 3 is 2.50 bits per heavy atom. The van der Waals surface area contributed by atoms with Crippen LogP contribution in [0.3, 0.4) is 0 Å². The molecule has 1 aromatic heterocycles. The number of ether oxygens (including phenoxy) is 1. The second-order valence-corrected chi connectivity index (χ2v) is 4.64. The van der Waals surface area contributed by atoms with Gasteiger partial charge in [0, 0.05) is 6.20 Å². The summed E-state index contributed by atoms with van der Waals surface area (Å²) in [5.41, 5.74) is 2.26. The Bertz CT molecular complexity index is 496. The van der Waals surface area contributed by atoms with Crippen molar-refractivity contribution in [3.05, 3.63) is 59.9 Å². The van der Waals surface area contributed by atoms with E-state index >= 15 is 0 Å². The summed E-state index contributed by atoms with van der Waals surface area (Å²) in [7, 11) is 0. The molecule has 0 aliphatic carbocycles. The maximum absolute atomic E-state index is 5.49. The van der Waals surface area contributed by atoms with E-state index in [4.69, 9.17) is 4.74 Å². The Morgan fingerprint density at radius 1 is 1.10 bits per heavy atom. The summed E-state index contributed by atoms with van der Waals surface area (Å²) in [4.78, 5) is 4.47. The molecule has 0 spiro atoms. The molecule has 0 aliphatic heterocycles. The Kier molecular flexibility index (Phi) is 5.56. The molecule has 3 heteroatoms. The van der Waals surface area contributed by atoms with Gasteiger partial charge in [0.25, 0.3) is 0 Å². The smallest absolute Gasteiger partial charge is 0.119 e. The van der Waals surface area contributed by atoms with E-state index in [1.807, 2.05) is 37.4 Å². The molecule has 0 radical (unpaired) electrons. The molecule has 1 heterocycles. The van der Waals surface area contributed by atoms with Gasteiger partial charge in [0.15, 0.2) is 0 Å². The highest BCUT2D eigenvalue weighted by Gasteiger charge is 2.14. The van der Waals surface area contributed by atoms with Gasteiger partial charge < -0.3 is 10.1 Å². The van der Waals surface area contributed by atoms with Gasteiger partial charge in [0.1, 0.15) is 5.75 Å². The molecule has 2 aromatic rings. The van der Waals surface area contributed by atoms with Crippen LogP contribution in [0.2, 0.25) is 0 Å². The molecule has 106 valence electrons. The molecule has 1 atom stereocenters. The van der Waals surface area contributed by atoms with Crippen molar-refractivity contribution in [1.82, 2.24) is 10.3 Å². The van der Waals surface area contributed by atoms with Crippen molar-refractivity contribution < 1.29 is 4.74 Å². The van der Waals surface area contributed by atoms with Crippen LogP contribution in [0, 0.1) is 0 Å². The number of nitrogens with zero attached hydrogens (tertiary/aromatic N) is 1. The van der Waals surface area contributed by atoms with Crippen molar-refractivity contribution in [2.75, 3.05) is 13.2 Å². The van der Waals surface area contributed by atoms with E-state index < -0.39 is 0 Å². The van der Waals surface area contributed by atoms with Crippen molar-refractivity contribution >= 4 is 0 Å². The third kappa shape index (κ3) is 3.81. The molecule has 0 saturated heterocycles. The zero-order chi connectivity index (χ0) is 14.2. The molecule has 2 rings (SSSR count). The lowest BCUT2D eigenvalue weighted by Crippen LogP contribution is -2.23. The van der Waals surface area contributed by atoms with Crippen LogP contribution in [0.25, 0.3) is 0 Å². The Balaban J connectivity index is 2.22. The number of rotatable bonds is 7. The van der Waals surface area contributed by atoms with Crippen molar-refractivity contribution in [2.45, 2.75) is 26.3 Å². The minimum absolute atomic E-state index is 0.131. The molecule has 3 nitrogen and oxygen atoms in total. The molecule has 0 fully saturated rings. The van der Waals surface area contributed by atoms with Gasteiger partial charge in [-0.25, -0.2) is 0 Å². The fraction of sp³-hybridized carbons (Fsp3) is 0.353. The molecule has 1 N–H and O–H groups in total. The highest BCUT2D eigenvalue weighted by atomic mass is 16.5. The van der Waals surface area contributed by atoms with Gasteiger partial charge >= 0.3 is 0 Å². The van der Waals surface area contributed by atoms with Gasteiger partial charge in [-0.1, -0.05) is 25.1 Å². The third-order valence-corrected chi connectivity index (χ3v) is 3.11. The Labute approximate surface area is 121 Å². The van der Waals surface area contributed by atoms with Gasteiger partial charge in [-0.2, -0.15) is 0 Å². The lowest BCUT2D eigenvalue weighted by Gasteiger charge is -2.19. The summed E-state index contributed by atoms with van der Waals surface area (Å²) in [5.74, 6) is 0.909. The van der Waals surface area contributed by atoms with E-state index in [1.165, 1.54) is 5.56 Å². The van der Waals surface area contributed by atoms with Crippen LogP contribution in [0.5, 0.6) is 5.75 Å². The zero-order valence-electron chi connectivity index (χ0n) is 12.2. The predicted octanol–water partition coefficient (Wildman–Crippen LogP) is 3.57. The van der Waals surface area contributed by atoms with Crippen LogP contribution in [0.4, 0.5) is 0 Å². The summed E-state index contributed by atoms with van der Waals surface area (Å²) in [6.07, 6.45) is 2.94. The first-order valence-corrected chi connectivity index (χ1v) is 7.22. The van der Waals surface area contributed by atoms with Gasteiger partial charge in [-0.05, 0) is 49.7 Å². The number of hydrogen-bond acceptors (Lipinski definition) is 3. The molecule has 0 aliphatic rings. The maximum Gasteiger partial charge on any atom is 0.119 e. The van der Waals surface area contributed by atoms with Crippen molar-refractivity contribution in [1.29, 1.82) is 0 Å². The fourth-order valence-electron chi connectivity index (χ4n) is 2.15. The van der Waals surface area contributed by atoms with E-state index in [9.17, 15) is 0 Å². The molecule has 1 aromatic carbocycles. The van der Waals surface area contributed by atoms with Crippen LogP contribution in [-0.2, 0) is 0 Å². The molecular formula is C17H22N2O. The summed E-state index contributed by atoms with van der Waals surface area (Å²) in [5, 5.41) is 3.55. The average molecular weight is 270 g/mol. The predicted molar refractivity (Wildman–Crippen MR) is 82.0 cm³/mol. The monoisotopic (exact) mass is 270 g/mol. The van der Waals surface area contributed by atoms with E-state index in [0.29, 0.717) is 6.61 Å². The topological polar surface area (TPSA) is 34.1 Å². The first-order valence-electron chi connectivity index (χ1n) is 7.22. The van der Waals surface area contributed by atoms with Gasteiger partial charge in [-0.3, -0.25) is 4.98 Å². The third-order valence-electron chi connectivity index (χ3n) is 3.11. The second kappa shape index (κ2) is 7.65. The van der Waals surface area contributed by atoms with E-state index in [0.717, 1.165) is 24.4 Å². The van der Waals surface area contributed by atoms with E-state index in [2.05, 4.69) is 35.4 Å². The van der Waals surface area contributed by atoms with Gasteiger partial charge in [-0.15, -0.1) is 0 Å². The van der Waals surface area contributed by atoms with Crippen molar-refractivity contribution in [3.8, 4) is 5.75 Å². The number of nitrogens with one attached hydrogen (secondary N) is 1. The number of pyridine rings is 1. The summed E-state index contributed by atoms with van der Waals surface area (Å²) >= 11 is 0. The Morgan fingerprint density at radius 2 is 1.90 bits per heavy atom. The van der Waals surface area contributed by atoms with Crippen LogP contribution < -0.4 is 10.1 Å². The summed E-state index contributed by atoms with van der Waals surface area (Å²) in [6.45, 7) is 5.82. The zero-order valence-corrected chi connectivity index (χ0v) is 12.2. The lowest BCUT2D eigenvalue weighted by molar-refractivity contribution is 0.340. The van der Waals surface area contributed by atoms with Gasteiger partial charge in [0.2, 0.25) is 0 Å². The standard InChI is InChI=1S/C17H22N2O/c1-3-12-19-17(16-7-5-6-13-18-16)14-8-10-15(11-9-14)20-4-2/h5-11,13,17,19H,3-4,12H2,1-2H3. The van der Waals surface area contributed by atoms with Crippen LogP contribution in [0.1, 0.15) is 37.6 Å². The minimum atomic E-state index is 0.131. The number of aromatic nitrogens is 1. The van der Waals surface area contributed by atoms with Gasteiger partial charge in [0.05, 0.1) is 18.3 Å². The molecular weight excluding hydrogens is 248 g/mol. The van der Waals surface area contributed by atoms with Crippen LogP contribution in [-0.4, -0.2) is 18.1 Å². The minimum Gasteiger partial charge on any atom is -0.494 e. The molecule has 20 heavy (non-hydrogen) atoms. The molecule has 0 amide bonds. The molecule has 1 unspecified atom stereocenters. The van der Waals surface area contributed by atoms with Crippen LogP contribution in [0.15, 0.2) is 48.7 Å². The largest absolute Gasteiger partial charge is 0.494 e. The first kappa shape index (κ1) is 14.5. The first-order chi connectivity index (χ1) is 9.85. The lowest BCUT2D eigenvalue weighted by atomic mass is 10.0. The highest BCUT2D eigenvalue weighted by Crippen LogP contribution is 2.22. The van der Waals surface area contributed by atoms with E-state index in [1.54, 1.807) is 0 Å². The number of hydrogen-bond donors (Lipinski definition) is 1. The molecule has 0 saturated carbocycles. The number of benzene rings is 1. The van der Waals surface area contributed by atoms with E-state index in [-0.39, 0.29) is 6.04 Å². The van der Waals surface area contributed by atoms with Crippen LogP contribution >= 0.6 is 0 Å². The molecule has 0 bridgehead atoms. The highest BCUT2D eigenvalue weighted by molar-refractivity contribution is 5.33. The van der Waals surface area contributed by atoms with Crippen molar-refractivity contribution in [2.24, 2.45) is 0 Å². The summed E-state index contributed by atoms with van der Waals surface area (Å²) in [6, 6.07) is 14.4. The second-order valence-electron chi connectivity index (χ2n) is 4.64. The summed E-state index contributed by atoms with van der Waals surface area (Å²) < 4.78 is 5.49. The Hall–Kier alpha value is -1.87. The van der Waals surface area contributed by atoms with Crippen molar-refractivity contribution in [3.63, 3.8) is 0 Å². The SMILES string of the molecule is CCCNC(c1ccc(OCC)cc1)c1ccccn1. The average Bonchev–Trinajstić information content (AvgIpc) is 2.51.